The second kappa shape index (κ2) is 9.04. The van der Waals surface area contributed by atoms with E-state index in [1.165, 1.54) is 12.1 Å². The number of benzene rings is 1. The van der Waals surface area contributed by atoms with Crippen molar-refractivity contribution in [2.75, 3.05) is 18.4 Å². The van der Waals surface area contributed by atoms with Crippen molar-refractivity contribution in [2.45, 2.75) is 38.6 Å². The molecule has 3 aromatic heterocycles. The standard InChI is InChI=1S/C25H27FN6/c1-2-21-25(32-24(30-21)11-10-23(31-32)18-12-14-27-15-13-18)28-16-20-4-3-5-22(29-20)17-6-8-19(26)9-7-17/h3-11,18,27-28H,2,12-16H2,1H3. The minimum absolute atomic E-state index is 0.248. The van der Waals surface area contributed by atoms with E-state index in [1.807, 2.05) is 22.7 Å². The van der Waals surface area contributed by atoms with E-state index >= 15 is 0 Å². The fourth-order valence-corrected chi connectivity index (χ4v) is 4.29. The normalized spacial score (nSPS) is 14.7. The zero-order valence-corrected chi connectivity index (χ0v) is 18.2. The minimum Gasteiger partial charge on any atom is -0.363 e. The third-order valence-corrected chi connectivity index (χ3v) is 6.05. The summed E-state index contributed by atoms with van der Waals surface area (Å²) in [5, 5.41) is 11.9. The molecule has 6 nitrogen and oxygen atoms in total. The highest BCUT2D eigenvalue weighted by Crippen LogP contribution is 2.26. The monoisotopic (exact) mass is 430 g/mol. The van der Waals surface area contributed by atoms with Crippen LogP contribution >= 0.6 is 0 Å². The lowest BCUT2D eigenvalue weighted by Gasteiger charge is -2.22. The molecule has 0 spiro atoms. The molecule has 1 aromatic carbocycles. The largest absolute Gasteiger partial charge is 0.363 e. The van der Waals surface area contributed by atoms with Gasteiger partial charge in [0.25, 0.3) is 0 Å². The number of anilines is 1. The zero-order chi connectivity index (χ0) is 21.9. The number of halogens is 1. The first kappa shape index (κ1) is 20.6. The van der Waals surface area contributed by atoms with E-state index in [0.29, 0.717) is 12.5 Å². The van der Waals surface area contributed by atoms with E-state index in [1.54, 1.807) is 12.1 Å². The van der Waals surface area contributed by atoms with Crippen molar-refractivity contribution >= 4 is 11.5 Å². The first-order valence-corrected chi connectivity index (χ1v) is 11.3. The molecule has 0 amide bonds. The van der Waals surface area contributed by atoms with Crippen molar-refractivity contribution in [3.8, 4) is 11.3 Å². The van der Waals surface area contributed by atoms with Crippen LogP contribution in [-0.4, -0.2) is 32.7 Å². The van der Waals surface area contributed by atoms with Crippen LogP contribution in [0.4, 0.5) is 10.2 Å². The smallest absolute Gasteiger partial charge is 0.156 e. The summed E-state index contributed by atoms with van der Waals surface area (Å²) in [6.07, 6.45) is 3.03. The van der Waals surface area contributed by atoms with Crippen molar-refractivity contribution in [1.29, 1.82) is 0 Å². The Bertz CT molecular complexity index is 1210. The number of imidazole rings is 1. The fraction of sp³-hybridized carbons (Fsp3) is 0.320. The summed E-state index contributed by atoms with van der Waals surface area (Å²) in [5.74, 6) is 1.16. The quantitative estimate of drug-likeness (QED) is 0.469. The van der Waals surface area contributed by atoms with Gasteiger partial charge in [-0.1, -0.05) is 13.0 Å². The lowest BCUT2D eigenvalue weighted by molar-refractivity contribution is 0.449. The maximum atomic E-state index is 13.3. The lowest BCUT2D eigenvalue weighted by atomic mass is 9.94. The summed E-state index contributed by atoms with van der Waals surface area (Å²) in [5.41, 5.74) is 5.59. The van der Waals surface area contributed by atoms with Crippen LogP contribution in [-0.2, 0) is 13.0 Å². The van der Waals surface area contributed by atoms with Crippen LogP contribution in [0.25, 0.3) is 16.9 Å². The molecule has 0 radical (unpaired) electrons. The van der Waals surface area contributed by atoms with Crippen LogP contribution in [0.5, 0.6) is 0 Å². The summed E-state index contributed by atoms with van der Waals surface area (Å²) < 4.78 is 15.2. The van der Waals surface area contributed by atoms with E-state index < -0.39 is 0 Å². The van der Waals surface area contributed by atoms with Crippen molar-refractivity contribution < 1.29 is 4.39 Å². The van der Waals surface area contributed by atoms with E-state index in [0.717, 1.165) is 72.2 Å². The van der Waals surface area contributed by atoms with Crippen molar-refractivity contribution in [2.24, 2.45) is 0 Å². The number of hydrogen-bond donors (Lipinski definition) is 2. The Hall–Kier alpha value is -3.32. The van der Waals surface area contributed by atoms with Crippen molar-refractivity contribution in [1.82, 2.24) is 24.9 Å². The van der Waals surface area contributed by atoms with Gasteiger partial charge >= 0.3 is 0 Å². The van der Waals surface area contributed by atoms with Gasteiger partial charge in [0.15, 0.2) is 11.5 Å². The minimum atomic E-state index is -0.248. The van der Waals surface area contributed by atoms with Crippen LogP contribution in [0.1, 0.15) is 42.8 Å². The SMILES string of the molecule is CCc1nc2ccc(C3CCNCC3)nn2c1NCc1cccc(-c2ccc(F)cc2)n1. The third kappa shape index (κ3) is 4.21. The second-order valence-electron chi connectivity index (χ2n) is 8.19. The maximum Gasteiger partial charge on any atom is 0.156 e. The van der Waals surface area contributed by atoms with Gasteiger partial charge in [-0.2, -0.15) is 9.61 Å². The zero-order valence-electron chi connectivity index (χ0n) is 18.2. The molecular formula is C25H27FN6. The Morgan fingerprint density at radius 1 is 1.03 bits per heavy atom. The van der Waals surface area contributed by atoms with E-state index in [-0.39, 0.29) is 5.82 Å². The molecule has 1 fully saturated rings. The van der Waals surface area contributed by atoms with Crippen molar-refractivity contribution in [3.63, 3.8) is 0 Å². The molecule has 5 rings (SSSR count). The maximum absolute atomic E-state index is 13.3. The number of hydrogen-bond acceptors (Lipinski definition) is 5. The van der Waals surface area contributed by atoms with Crippen LogP contribution in [0.15, 0.2) is 54.6 Å². The molecule has 0 saturated carbocycles. The Morgan fingerprint density at radius 2 is 1.84 bits per heavy atom. The molecule has 4 aromatic rings. The van der Waals surface area contributed by atoms with Crippen LogP contribution in [0, 0.1) is 5.82 Å². The Balaban J connectivity index is 1.41. The van der Waals surface area contributed by atoms with Crippen LogP contribution in [0.3, 0.4) is 0 Å². The molecule has 1 saturated heterocycles. The highest BCUT2D eigenvalue weighted by molar-refractivity contribution is 5.59. The van der Waals surface area contributed by atoms with Crippen LogP contribution < -0.4 is 10.6 Å². The molecule has 164 valence electrons. The number of aromatic nitrogens is 4. The summed E-state index contributed by atoms with van der Waals surface area (Å²) in [7, 11) is 0. The highest BCUT2D eigenvalue weighted by Gasteiger charge is 2.19. The first-order valence-electron chi connectivity index (χ1n) is 11.3. The predicted molar refractivity (Wildman–Crippen MR) is 124 cm³/mol. The molecule has 7 heteroatoms. The molecule has 0 unspecified atom stereocenters. The third-order valence-electron chi connectivity index (χ3n) is 6.05. The Labute approximate surface area is 186 Å². The van der Waals surface area contributed by atoms with E-state index in [4.69, 9.17) is 15.1 Å². The molecule has 32 heavy (non-hydrogen) atoms. The molecule has 0 atom stereocenters. The van der Waals surface area contributed by atoms with E-state index in [9.17, 15) is 4.39 Å². The molecule has 1 aliphatic rings. The van der Waals surface area contributed by atoms with E-state index in [2.05, 4.69) is 29.7 Å². The summed E-state index contributed by atoms with van der Waals surface area (Å²) in [6.45, 7) is 4.73. The van der Waals surface area contributed by atoms with Gasteiger partial charge in [-0.25, -0.2) is 9.37 Å². The fourth-order valence-electron chi connectivity index (χ4n) is 4.29. The molecule has 1 aliphatic heterocycles. The number of nitrogens with one attached hydrogen (secondary N) is 2. The Kier molecular flexibility index (Phi) is 5.81. The average molecular weight is 431 g/mol. The number of fused-ring (bicyclic) bond motifs is 1. The number of rotatable bonds is 6. The Morgan fingerprint density at radius 3 is 2.62 bits per heavy atom. The average Bonchev–Trinajstić information content (AvgIpc) is 3.21. The molecule has 2 N–H and O–H groups in total. The molecule has 0 aliphatic carbocycles. The van der Waals surface area contributed by atoms with Gasteiger partial charge in [-0.15, -0.1) is 0 Å². The summed E-state index contributed by atoms with van der Waals surface area (Å²) in [4.78, 5) is 9.53. The van der Waals surface area contributed by atoms with Crippen molar-refractivity contribution in [3.05, 3.63) is 77.5 Å². The van der Waals surface area contributed by atoms with Gasteiger partial charge in [0.2, 0.25) is 0 Å². The van der Waals surface area contributed by atoms with Gasteiger partial charge in [0.1, 0.15) is 5.82 Å². The number of aryl methyl sites for hydroxylation is 1. The summed E-state index contributed by atoms with van der Waals surface area (Å²) in [6, 6.07) is 16.5. The first-order chi connectivity index (χ1) is 15.7. The van der Waals surface area contributed by atoms with Gasteiger partial charge in [-0.3, -0.25) is 4.98 Å². The van der Waals surface area contributed by atoms with Crippen LogP contribution in [0.2, 0.25) is 0 Å². The number of pyridine rings is 1. The number of piperidine rings is 1. The van der Waals surface area contributed by atoms with Gasteiger partial charge in [0.05, 0.1) is 29.3 Å². The van der Waals surface area contributed by atoms with Gasteiger partial charge in [-0.05, 0) is 80.9 Å². The molecular weight excluding hydrogens is 403 g/mol. The number of nitrogens with zero attached hydrogens (tertiary/aromatic N) is 4. The molecule has 4 heterocycles. The van der Waals surface area contributed by atoms with Gasteiger partial charge < -0.3 is 10.6 Å². The molecule has 0 bridgehead atoms. The predicted octanol–water partition coefficient (Wildman–Crippen LogP) is 4.57. The second-order valence-corrected chi connectivity index (χ2v) is 8.19. The lowest BCUT2D eigenvalue weighted by Crippen LogP contribution is -2.27. The highest BCUT2D eigenvalue weighted by atomic mass is 19.1. The van der Waals surface area contributed by atoms with Gasteiger partial charge in [0, 0.05) is 11.5 Å². The topological polar surface area (TPSA) is 67.1 Å². The summed E-state index contributed by atoms with van der Waals surface area (Å²) >= 11 is 0.